The molecule has 5 nitrogen and oxygen atoms in total. The molecule has 0 bridgehead atoms. The van der Waals surface area contributed by atoms with Gasteiger partial charge in [-0.05, 0) is 47.3 Å². The van der Waals surface area contributed by atoms with Crippen LogP contribution in [0.1, 0.15) is 38.5 Å². The number of hydrogen-bond acceptors (Lipinski definition) is 11. The SMILES string of the molecule is O=C(SSCCOCCSSC(=O)SN1CCCCC1)SN1CCCCC1. The molecule has 0 saturated carbocycles. The molecule has 2 saturated heterocycles. The third-order valence-corrected chi connectivity index (χ3v) is 10.8. The molecule has 156 valence electrons. The minimum Gasteiger partial charge on any atom is -0.380 e. The Morgan fingerprint density at radius 2 is 1.07 bits per heavy atom. The van der Waals surface area contributed by atoms with Crippen LogP contribution in [0.4, 0.5) is 9.59 Å². The zero-order valence-corrected chi connectivity index (χ0v) is 20.4. The van der Waals surface area contributed by atoms with Crippen LogP contribution in [-0.4, -0.2) is 68.4 Å². The van der Waals surface area contributed by atoms with Crippen molar-refractivity contribution < 1.29 is 14.3 Å². The first-order valence-electron chi connectivity index (χ1n) is 9.34. The lowest BCUT2D eigenvalue weighted by Gasteiger charge is -2.23. The summed E-state index contributed by atoms with van der Waals surface area (Å²) in [7, 11) is 5.75. The first-order valence-corrected chi connectivity index (χ1v) is 15.5. The smallest absolute Gasteiger partial charge is 0.271 e. The van der Waals surface area contributed by atoms with Gasteiger partial charge in [0, 0.05) is 61.6 Å². The number of carbonyl (C=O) groups is 2. The van der Waals surface area contributed by atoms with Gasteiger partial charge in [0.15, 0.2) is 0 Å². The molecule has 0 aromatic rings. The van der Waals surface area contributed by atoms with E-state index in [0.717, 1.165) is 37.7 Å². The molecule has 0 unspecified atom stereocenters. The highest BCUT2D eigenvalue weighted by Gasteiger charge is 2.16. The van der Waals surface area contributed by atoms with Crippen molar-refractivity contribution in [3.63, 3.8) is 0 Å². The van der Waals surface area contributed by atoms with Gasteiger partial charge in [-0.15, -0.1) is 0 Å². The number of rotatable bonds is 10. The fraction of sp³-hybridized carbons (Fsp3) is 0.875. The van der Waals surface area contributed by atoms with Crippen LogP contribution in [0.5, 0.6) is 0 Å². The standard InChI is InChI=1S/C16H28N2O3S6/c19-15(24-17-7-3-1-4-8-17)26-22-13-11-21-12-14-23-27-16(20)25-18-9-5-2-6-10-18/h1-14H2. The minimum absolute atomic E-state index is 0.165. The van der Waals surface area contributed by atoms with E-state index in [2.05, 4.69) is 8.61 Å². The van der Waals surface area contributed by atoms with Gasteiger partial charge in [-0.1, -0.05) is 34.4 Å². The van der Waals surface area contributed by atoms with E-state index in [-0.39, 0.29) is 8.89 Å². The summed E-state index contributed by atoms with van der Waals surface area (Å²) >= 11 is 2.73. The fourth-order valence-corrected chi connectivity index (χ4v) is 8.43. The lowest BCUT2D eigenvalue weighted by atomic mass is 10.2. The van der Waals surface area contributed by atoms with Crippen molar-refractivity contribution in [1.82, 2.24) is 8.61 Å². The number of nitrogens with zero attached hydrogens (tertiary/aromatic N) is 2. The maximum absolute atomic E-state index is 11.9. The number of carbonyl (C=O) groups excluding carboxylic acids is 2. The lowest BCUT2D eigenvalue weighted by Crippen LogP contribution is -2.23. The van der Waals surface area contributed by atoms with Crippen molar-refractivity contribution in [2.45, 2.75) is 38.5 Å². The quantitative estimate of drug-likeness (QED) is 0.198. The van der Waals surface area contributed by atoms with Crippen LogP contribution in [-0.2, 0) is 4.74 Å². The summed E-state index contributed by atoms with van der Waals surface area (Å²) in [6.45, 7) is 5.39. The van der Waals surface area contributed by atoms with Gasteiger partial charge in [0.1, 0.15) is 0 Å². The van der Waals surface area contributed by atoms with Crippen molar-refractivity contribution in [3.05, 3.63) is 0 Å². The van der Waals surface area contributed by atoms with Gasteiger partial charge in [-0.3, -0.25) is 9.59 Å². The lowest BCUT2D eigenvalue weighted by molar-refractivity contribution is 0.167. The molecule has 0 aromatic carbocycles. The van der Waals surface area contributed by atoms with E-state index in [1.165, 1.54) is 84.0 Å². The van der Waals surface area contributed by atoms with Crippen molar-refractivity contribution in [2.24, 2.45) is 0 Å². The van der Waals surface area contributed by atoms with E-state index in [0.29, 0.717) is 13.2 Å². The second-order valence-electron chi connectivity index (χ2n) is 6.08. The summed E-state index contributed by atoms with van der Waals surface area (Å²) in [6.07, 6.45) is 7.37. The third-order valence-electron chi connectivity index (χ3n) is 3.91. The van der Waals surface area contributed by atoms with Crippen LogP contribution in [0.25, 0.3) is 0 Å². The van der Waals surface area contributed by atoms with Crippen LogP contribution in [0.2, 0.25) is 0 Å². The van der Waals surface area contributed by atoms with Gasteiger partial charge >= 0.3 is 0 Å². The van der Waals surface area contributed by atoms with Gasteiger partial charge in [-0.25, -0.2) is 8.61 Å². The third kappa shape index (κ3) is 12.6. The molecule has 0 aliphatic carbocycles. The maximum atomic E-state index is 11.9. The van der Waals surface area contributed by atoms with Crippen LogP contribution in [0.3, 0.4) is 0 Å². The van der Waals surface area contributed by atoms with Gasteiger partial charge in [0.05, 0.1) is 13.2 Å². The highest BCUT2D eigenvalue weighted by Crippen LogP contribution is 2.33. The Hall–Kier alpha value is 1.32. The van der Waals surface area contributed by atoms with Crippen LogP contribution in [0.15, 0.2) is 0 Å². The van der Waals surface area contributed by atoms with Crippen molar-refractivity contribution in [1.29, 1.82) is 0 Å². The molecule has 0 atom stereocenters. The van der Waals surface area contributed by atoms with Crippen molar-refractivity contribution >= 4 is 76.0 Å². The van der Waals surface area contributed by atoms with E-state index in [4.69, 9.17) is 4.74 Å². The van der Waals surface area contributed by atoms with E-state index in [9.17, 15) is 9.59 Å². The van der Waals surface area contributed by atoms with Gasteiger partial charge in [0.25, 0.3) is 8.89 Å². The summed E-state index contributed by atoms with van der Waals surface area (Å²) in [5.74, 6) is 1.61. The average molecular weight is 489 g/mol. The predicted molar refractivity (Wildman–Crippen MR) is 128 cm³/mol. The Morgan fingerprint density at radius 3 is 1.48 bits per heavy atom. The molecule has 0 spiro atoms. The Morgan fingerprint density at radius 1 is 0.667 bits per heavy atom. The molecule has 2 fully saturated rings. The van der Waals surface area contributed by atoms with Gasteiger partial charge in [0.2, 0.25) is 0 Å². The van der Waals surface area contributed by atoms with Gasteiger partial charge < -0.3 is 4.74 Å². The maximum Gasteiger partial charge on any atom is 0.271 e. The van der Waals surface area contributed by atoms with Crippen LogP contribution >= 0.6 is 67.1 Å². The summed E-state index contributed by atoms with van der Waals surface area (Å²) in [4.78, 5) is 23.7. The molecule has 2 heterocycles. The molecule has 2 aliphatic heterocycles. The number of hydrogen-bond donors (Lipinski definition) is 0. The van der Waals surface area contributed by atoms with Gasteiger partial charge in [-0.2, -0.15) is 0 Å². The minimum atomic E-state index is 0.165. The van der Waals surface area contributed by atoms with Crippen LogP contribution in [0, 0.1) is 0 Å². The summed E-state index contributed by atoms with van der Waals surface area (Å²) in [6, 6.07) is 0. The molecule has 2 rings (SSSR count). The summed E-state index contributed by atoms with van der Waals surface area (Å²) < 4.78 is 10.3. The largest absolute Gasteiger partial charge is 0.380 e. The fourth-order valence-electron chi connectivity index (χ4n) is 2.62. The summed E-state index contributed by atoms with van der Waals surface area (Å²) in [5.41, 5.74) is 0. The predicted octanol–water partition coefficient (Wildman–Crippen LogP) is 6.27. The zero-order chi connectivity index (χ0) is 19.2. The number of piperidine rings is 2. The Bertz CT molecular complexity index is 396. The topological polar surface area (TPSA) is 49.9 Å². The monoisotopic (exact) mass is 488 g/mol. The summed E-state index contributed by atoms with van der Waals surface area (Å²) in [5, 5.41) is 0. The molecular formula is C16H28N2O3S6. The molecule has 27 heavy (non-hydrogen) atoms. The first-order chi connectivity index (χ1) is 13.2. The van der Waals surface area contributed by atoms with E-state index in [1.54, 1.807) is 21.6 Å². The zero-order valence-electron chi connectivity index (χ0n) is 15.5. The van der Waals surface area contributed by atoms with Crippen molar-refractivity contribution in [3.8, 4) is 0 Å². The van der Waals surface area contributed by atoms with E-state index in [1.807, 2.05) is 0 Å². The van der Waals surface area contributed by atoms with Crippen LogP contribution < -0.4 is 0 Å². The molecule has 2 aliphatic rings. The second-order valence-corrected chi connectivity index (χ2v) is 13.5. The molecule has 0 N–H and O–H groups in total. The Balaban J connectivity index is 1.34. The molecule has 0 radical (unpaired) electrons. The van der Waals surface area contributed by atoms with Crippen molar-refractivity contribution in [2.75, 3.05) is 50.9 Å². The second kappa shape index (κ2) is 16.1. The Labute approximate surface area is 187 Å². The average Bonchev–Trinajstić information content (AvgIpc) is 2.68. The number of ether oxygens (including phenoxy) is 1. The molecule has 0 amide bonds. The Kier molecular flexibility index (Phi) is 14.6. The molecular weight excluding hydrogens is 461 g/mol. The van der Waals surface area contributed by atoms with E-state index >= 15 is 0 Å². The first kappa shape index (κ1) is 24.6. The molecule has 11 heteroatoms. The normalized spacial score (nSPS) is 19.3. The molecule has 0 aromatic heterocycles. The highest BCUT2D eigenvalue weighted by atomic mass is 33.1. The van der Waals surface area contributed by atoms with E-state index < -0.39 is 0 Å². The highest BCUT2D eigenvalue weighted by molar-refractivity contribution is 8.86.